The second-order valence-corrected chi connectivity index (χ2v) is 4.63. The van der Waals surface area contributed by atoms with Gasteiger partial charge in [0.15, 0.2) is 0 Å². The molecule has 0 atom stereocenters. The minimum atomic E-state index is -0.964. The van der Waals surface area contributed by atoms with Gasteiger partial charge in [-0.3, -0.25) is 0 Å². The highest BCUT2D eigenvalue weighted by Gasteiger charge is 2.06. The summed E-state index contributed by atoms with van der Waals surface area (Å²) in [6.45, 7) is 0. The Morgan fingerprint density at radius 3 is 2.17 bits per heavy atom. The summed E-state index contributed by atoms with van der Waals surface area (Å²) in [5.74, 6) is -0.964. The van der Waals surface area contributed by atoms with E-state index in [2.05, 4.69) is 15.9 Å². The molecule has 94 valence electrons. The fourth-order valence-electron chi connectivity index (χ4n) is 1.12. The zero-order valence-corrected chi connectivity index (χ0v) is 11.6. The van der Waals surface area contributed by atoms with E-state index in [1.165, 1.54) is 12.1 Å². The molecule has 0 aliphatic heterocycles. The maximum atomic E-state index is 10.5. The zero-order chi connectivity index (χ0) is 13.5. The van der Waals surface area contributed by atoms with Gasteiger partial charge in [-0.1, -0.05) is 29.8 Å². The molecule has 5 heteroatoms. The lowest BCUT2D eigenvalue weighted by molar-refractivity contribution is 0.0696. The molecule has 0 unspecified atom stereocenters. The first kappa shape index (κ1) is 14.5. The molecule has 0 spiro atoms. The summed E-state index contributed by atoms with van der Waals surface area (Å²) in [5.41, 5.74) is 6.40. The molecule has 0 aliphatic rings. The van der Waals surface area contributed by atoms with Gasteiger partial charge in [-0.25, -0.2) is 4.79 Å². The van der Waals surface area contributed by atoms with Crippen LogP contribution in [0.3, 0.4) is 0 Å². The fraction of sp³-hybridized carbons (Fsp3) is 0. The Bertz CT molecular complexity index is 532. The number of benzene rings is 2. The molecule has 0 saturated carbocycles. The van der Waals surface area contributed by atoms with Crippen LogP contribution in [0.2, 0.25) is 5.02 Å². The Kier molecular flexibility index (Phi) is 5.68. The quantitative estimate of drug-likeness (QED) is 0.776. The van der Waals surface area contributed by atoms with Crippen LogP contribution < -0.4 is 5.73 Å². The van der Waals surface area contributed by atoms with E-state index in [9.17, 15) is 4.79 Å². The van der Waals surface area contributed by atoms with E-state index >= 15 is 0 Å². The molecule has 0 amide bonds. The average molecular weight is 329 g/mol. The normalized spacial score (nSPS) is 9.22. The lowest BCUT2D eigenvalue weighted by atomic mass is 10.2. The number of para-hydroxylation sites is 1. The molecular weight excluding hydrogens is 318 g/mol. The summed E-state index contributed by atoms with van der Waals surface area (Å²) in [4.78, 5) is 10.5. The Hall–Kier alpha value is -1.52. The van der Waals surface area contributed by atoms with Crippen molar-refractivity contribution < 1.29 is 9.90 Å². The minimum absolute atomic E-state index is 0.217. The van der Waals surface area contributed by atoms with Crippen molar-refractivity contribution in [2.75, 3.05) is 5.73 Å². The summed E-state index contributed by atoms with van der Waals surface area (Å²) in [6.07, 6.45) is 0. The second-order valence-electron chi connectivity index (χ2n) is 3.34. The number of hydrogen-bond acceptors (Lipinski definition) is 2. The fourth-order valence-corrected chi connectivity index (χ4v) is 1.97. The number of aromatic carboxylic acids is 1. The van der Waals surface area contributed by atoms with Gasteiger partial charge in [-0.05, 0) is 46.3 Å². The van der Waals surface area contributed by atoms with E-state index in [4.69, 9.17) is 22.4 Å². The van der Waals surface area contributed by atoms with E-state index in [0.29, 0.717) is 9.50 Å². The molecule has 0 aliphatic carbocycles. The van der Waals surface area contributed by atoms with Crippen LogP contribution in [0.5, 0.6) is 0 Å². The summed E-state index contributed by atoms with van der Waals surface area (Å²) in [6, 6.07) is 14.0. The topological polar surface area (TPSA) is 63.3 Å². The number of nitrogens with two attached hydrogens (primary N) is 1. The highest BCUT2D eigenvalue weighted by Crippen LogP contribution is 2.21. The van der Waals surface area contributed by atoms with Gasteiger partial charge in [0.2, 0.25) is 0 Å². The lowest BCUT2D eigenvalue weighted by Crippen LogP contribution is -1.96. The molecule has 3 nitrogen and oxygen atoms in total. The highest BCUT2D eigenvalue weighted by molar-refractivity contribution is 9.10. The Morgan fingerprint density at radius 1 is 1.17 bits per heavy atom. The van der Waals surface area contributed by atoms with Crippen molar-refractivity contribution in [3.05, 3.63) is 63.6 Å². The van der Waals surface area contributed by atoms with Crippen molar-refractivity contribution in [3.8, 4) is 0 Å². The average Bonchev–Trinajstić information content (AvgIpc) is 2.30. The number of carbonyl (C=O) groups is 1. The maximum absolute atomic E-state index is 10.5. The number of carboxylic acid groups (broad SMARTS) is 1. The zero-order valence-electron chi connectivity index (χ0n) is 9.31. The SMILES string of the molecule is Nc1ccccc1.O=C(O)c1ccc(Cl)cc1Br. The van der Waals surface area contributed by atoms with Crippen molar-refractivity contribution in [3.63, 3.8) is 0 Å². The van der Waals surface area contributed by atoms with E-state index in [0.717, 1.165) is 5.69 Å². The van der Waals surface area contributed by atoms with Crippen LogP contribution in [0.4, 0.5) is 5.69 Å². The van der Waals surface area contributed by atoms with Gasteiger partial charge >= 0.3 is 5.97 Å². The Labute approximate surface area is 118 Å². The number of nitrogen functional groups attached to an aromatic ring is 1. The van der Waals surface area contributed by atoms with Crippen molar-refractivity contribution in [2.24, 2.45) is 0 Å². The van der Waals surface area contributed by atoms with Crippen LogP contribution in [-0.2, 0) is 0 Å². The molecule has 0 heterocycles. The molecule has 2 aromatic carbocycles. The van der Waals surface area contributed by atoms with E-state index in [1.54, 1.807) is 6.07 Å². The molecule has 2 aromatic rings. The molecule has 0 fully saturated rings. The van der Waals surface area contributed by atoms with Crippen LogP contribution in [0.1, 0.15) is 10.4 Å². The first-order chi connectivity index (χ1) is 8.50. The maximum Gasteiger partial charge on any atom is 0.336 e. The number of rotatable bonds is 1. The van der Waals surface area contributed by atoms with Crippen molar-refractivity contribution >= 4 is 39.2 Å². The third-order valence-electron chi connectivity index (χ3n) is 1.96. The summed E-state index contributed by atoms with van der Waals surface area (Å²) in [5, 5.41) is 9.10. The molecule has 18 heavy (non-hydrogen) atoms. The van der Waals surface area contributed by atoms with Crippen LogP contribution in [0, 0.1) is 0 Å². The molecular formula is C13H11BrClNO2. The highest BCUT2D eigenvalue weighted by atomic mass is 79.9. The molecule has 2 rings (SSSR count). The first-order valence-corrected chi connectivity index (χ1v) is 6.16. The van der Waals surface area contributed by atoms with Crippen LogP contribution >= 0.6 is 27.5 Å². The molecule has 0 bridgehead atoms. The van der Waals surface area contributed by atoms with E-state index in [1.807, 2.05) is 30.3 Å². The molecule has 0 saturated heterocycles. The van der Waals surface area contributed by atoms with Crippen molar-refractivity contribution in [2.45, 2.75) is 0 Å². The van der Waals surface area contributed by atoms with Gasteiger partial charge in [0.05, 0.1) is 5.56 Å². The van der Waals surface area contributed by atoms with Gasteiger partial charge in [-0.2, -0.15) is 0 Å². The summed E-state index contributed by atoms with van der Waals surface area (Å²) in [7, 11) is 0. The van der Waals surface area contributed by atoms with Crippen molar-refractivity contribution in [1.29, 1.82) is 0 Å². The van der Waals surface area contributed by atoms with E-state index < -0.39 is 5.97 Å². The number of halogens is 2. The van der Waals surface area contributed by atoms with E-state index in [-0.39, 0.29) is 5.56 Å². The second kappa shape index (κ2) is 7.03. The smallest absolute Gasteiger partial charge is 0.336 e. The van der Waals surface area contributed by atoms with Gasteiger partial charge in [0.25, 0.3) is 0 Å². The molecule has 0 aromatic heterocycles. The predicted molar refractivity (Wildman–Crippen MR) is 77.0 cm³/mol. The summed E-state index contributed by atoms with van der Waals surface area (Å²) >= 11 is 8.68. The third-order valence-corrected chi connectivity index (χ3v) is 2.85. The molecule has 0 radical (unpaired) electrons. The van der Waals surface area contributed by atoms with Gasteiger partial charge in [-0.15, -0.1) is 0 Å². The van der Waals surface area contributed by atoms with Gasteiger partial charge in [0.1, 0.15) is 0 Å². The molecule has 3 N–H and O–H groups in total. The lowest BCUT2D eigenvalue weighted by Gasteiger charge is -1.97. The summed E-state index contributed by atoms with van der Waals surface area (Å²) < 4.78 is 0.498. The third kappa shape index (κ3) is 4.77. The standard InChI is InChI=1S/C7H4BrClO2.C6H7N/c8-6-3-4(9)1-2-5(6)7(10)11;7-6-4-2-1-3-5-6/h1-3H,(H,10,11);1-5H,7H2. The number of hydrogen-bond donors (Lipinski definition) is 2. The van der Waals surface area contributed by atoms with Crippen LogP contribution in [-0.4, -0.2) is 11.1 Å². The Morgan fingerprint density at radius 2 is 1.78 bits per heavy atom. The largest absolute Gasteiger partial charge is 0.478 e. The van der Waals surface area contributed by atoms with Gasteiger partial charge < -0.3 is 10.8 Å². The number of carboxylic acids is 1. The van der Waals surface area contributed by atoms with Crippen LogP contribution in [0.25, 0.3) is 0 Å². The Balaban J connectivity index is 0.000000199. The van der Waals surface area contributed by atoms with Gasteiger partial charge in [0, 0.05) is 15.2 Å². The predicted octanol–water partition coefficient (Wildman–Crippen LogP) is 4.07. The minimum Gasteiger partial charge on any atom is -0.478 e. The van der Waals surface area contributed by atoms with Crippen LogP contribution in [0.15, 0.2) is 53.0 Å². The monoisotopic (exact) mass is 327 g/mol. The first-order valence-electron chi connectivity index (χ1n) is 4.99. The number of anilines is 1. The van der Waals surface area contributed by atoms with Crippen molar-refractivity contribution in [1.82, 2.24) is 0 Å².